The molecule has 0 saturated carbocycles. The number of benzene rings is 8. The number of hydrogen-bond acceptors (Lipinski definition) is 0. The Morgan fingerprint density at radius 1 is 0.339 bits per heavy atom. The lowest BCUT2D eigenvalue weighted by Crippen LogP contribution is -2.12. The third-order valence-corrected chi connectivity index (χ3v) is 11.5. The zero-order valence-electron chi connectivity index (χ0n) is 34.3. The van der Waals surface area contributed by atoms with Gasteiger partial charge in [0.05, 0.1) is 33.2 Å². The molecular formula is C54H40F6N2. The molecule has 2 heterocycles. The molecule has 0 N–H and O–H groups in total. The van der Waals surface area contributed by atoms with Crippen molar-refractivity contribution in [3.8, 4) is 44.8 Å². The second-order valence-electron chi connectivity index (χ2n) is 15.4. The van der Waals surface area contributed by atoms with E-state index in [0.717, 1.165) is 67.1 Å². The van der Waals surface area contributed by atoms with Crippen LogP contribution in [0.25, 0.3) is 88.4 Å². The van der Waals surface area contributed by atoms with Crippen molar-refractivity contribution in [2.24, 2.45) is 0 Å². The van der Waals surface area contributed by atoms with Crippen molar-refractivity contribution in [2.45, 2.75) is 40.0 Å². The second-order valence-corrected chi connectivity index (χ2v) is 15.4. The maximum Gasteiger partial charge on any atom is 0.417 e. The Labute approximate surface area is 354 Å². The maximum atomic E-state index is 15.1. The summed E-state index contributed by atoms with van der Waals surface area (Å²) >= 11 is 0. The molecule has 8 aromatic carbocycles. The molecule has 8 heteroatoms. The fourth-order valence-corrected chi connectivity index (χ4v) is 8.79. The Bertz CT molecular complexity index is 3100. The van der Waals surface area contributed by atoms with Crippen molar-refractivity contribution in [3.05, 3.63) is 192 Å². The normalized spacial score (nSPS) is 12.0. The lowest BCUT2D eigenvalue weighted by atomic mass is 9.93. The quantitative estimate of drug-likeness (QED) is 0.153. The summed E-state index contributed by atoms with van der Waals surface area (Å²) < 4.78 is 94.1. The first kappa shape index (κ1) is 40.4. The van der Waals surface area contributed by atoms with Crippen LogP contribution < -0.4 is 0 Å². The Hall–Kier alpha value is -7.06. The molecule has 0 unspecified atom stereocenters. The first-order valence-electron chi connectivity index (χ1n) is 20.5. The maximum absolute atomic E-state index is 15.1. The van der Waals surface area contributed by atoms with Crippen LogP contribution in [0.15, 0.2) is 170 Å². The minimum Gasteiger partial charge on any atom is -0.309 e. The van der Waals surface area contributed by atoms with Crippen molar-refractivity contribution in [1.82, 2.24) is 9.13 Å². The van der Waals surface area contributed by atoms with Gasteiger partial charge in [0.1, 0.15) is 0 Å². The van der Waals surface area contributed by atoms with E-state index in [1.54, 1.807) is 0 Å². The van der Waals surface area contributed by atoms with Gasteiger partial charge in [-0.15, -0.1) is 0 Å². The van der Waals surface area contributed by atoms with E-state index >= 15 is 26.3 Å². The Morgan fingerprint density at radius 3 is 1.10 bits per heavy atom. The minimum absolute atomic E-state index is 0.298. The van der Waals surface area contributed by atoms with E-state index in [0.29, 0.717) is 33.4 Å². The summed E-state index contributed by atoms with van der Waals surface area (Å²) in [6, 6.07) is 50.1. The zero-order chi connectivity index (χ0) is 43.5. The standard InChI is InChI=1S/C52H34F6N2.C2H6/c1-31-9-7-11-33(25-31)35-17-23-49-43(27-35)39-13-3-5-15-47(39)59(49)37-19-21-45(51(53,54)55)41(29-37)42-30-38(20-22-46(42)52(56,57)58)60-48-16-6-4-14-40(48)44-28-36(18-24-50(44)60)34-12-8-10-32(2)26-34;1-2/h3-30H,1-2H3;1-2H3. The van der Waals surface area contributed by atoms with E-state index in [9.17, 15) is 0 Å². The molecule has 0 bridgehead atoms. The first-order valence-corrected chi connectivity index (χ1v) is 20.5. The third-order valence-electron chi connectivity index (χ3n) is 11.5. The van der Waals surface area contributed by atoms with Crippen LogP contribution in [0.2, 0.25) is 0 Å². The molecule has 62 heavy (non-hydrogen) atoms. The molecule has 10 rings (SSSR count). The molecule has 10 aromatic rings. The van der Waals surface area contributed by atoms with Gasteiger partial charge in [0.15, 0.2) is 0 Å². The topological polar surface area (TPSA) is 9.86 Å². The summed E-state index contributed by atoms with van der Waals surface area (Å²) in [7, 11) is 0. The predicted octanol–water partition coefficient (Wildman–Crippen LogP) is 16.6. The first-order chi connectivity index (χ1) is 29.8. The van der Waals surface area contributed by atoms with E-state index in [2.05, 4.69) is 24.3 Å². The van der Waals surface area contributed by atoms with E-state index in [1.165, 1.54) is 24.3 Å². The number of halogens is 6. The van der Waals surface area contributed by atoms with Gasteiger partial charge in [-0.2, -0.15) is 26.3 Å². The van der Waals surface area contributed by atoms with Gasteiger partial charge in [-0.3, -0.25) is 0 Å². The average Bonchev–Trinajstić information content (AvgIpc) is 3.78. The van der Waals surface area contributed by atoms with Gasteiger partial charge in [-0.05, 0) is 120 Å². The summed E-state index contributed by atoms with van der Waals surface area (Å²) in [6.07, 6.45) is -9.93. The van der Waals surface area contributed by atoms with Crippen LogP contribution in [-0.2, 0) is 12.4 Å². The molecule has 0 amide bonds. The highest BCUT2D eigenvalue weighted by Crippen LogP contribution is 2.46. The van der Waals surface area contributed by atoms with Gasteiger partial charge in [0, 0.05) is 32.9 Å². The number of hydrogen-bond donors (Lipinski definition) is 0. The van der Waals surface area contributed by atoms with Crippen molar-refractivity contribution in [1.29, 1.82) is 0 Å². The molecule has 0 radical (unpaired) electrons. The average molecular weight is 831 g/mol. The molecule has 0 saturated heterocycles. The smallest absolute Gasteiger partial charge is 0.309 e. The summed E-state index contributed by atoms with van der Waals surface area (Å²) in [5.74, 6) is 0. The largest absolute Gasteiger partial charge is 0.417 e. The van der Waals surface area contributed by atoms with Crippen molar-refractivity contribution in [3.63, 3.8) is 0 Å². The second kappa shape index (κ2) is 15.4. The number of rotatable bonds is 5. The lowest BCUT2D eigenvalue weighted by molar-refractivity contribution is -0.139. The number of aryl methyl sites for hydroxylation is 2. The lowest BCUT2D eigenvalue weighted by Gasteiger charge is -2.21. The van der Waals surface area contributed by atoms with E-state index in [1.807, 2.05) is 146 Å². The summed E-state index contributed by atoms with van der Waals surface area (Å²) in [5.41, 5.74) is 6.10. The van der Waals surface area contributed by atoms with Crippen LogP contribution in [0.4, 0.5) is 26.3 Å². The molecule has 0 fully saturated rings. The molecule has 2 nitrogen and oxygen atoms in total. The molecule has 0 aliphatic heterocycles. The third kappa shape index (κ3) is 6.99. The highest BCUT2D eigenvalue weighted by Gasteiger charge is 2.39. The minimum atomic E-state index is -4.96. The van der Waals surface area contributed by atoms with E-state index in [-0.39, 0.29) is 0 Å². The summed E-state index contributed by atoms with van der Waals surface area (Å²) in [4.78, 5) is 0. The predicted molar refractivity (Wildman–Crippen MR) is 242 cm³/mol. The number of fused-ring (bicyclic) bond motifs is 6. The van der Waals surface area contributed by atoms with Gasteiger partial charge in [-0.25, -0.2) is 0 Å². The molecule has 0 aliphatic rings. The molecular weight excluding hydrogens is 791 g/mol. The monoisotopic (exact) mass is 830 g/mol. The molecule has 0 spiro atoms. The highest BCUT2D eigenvalue weighted by molar-refractivity contribution is 6.11. The fraction of sp³-hybridized carbons (Fsp3) is 0.111. The molecule has 0 aliphatic carbocycles. The Morgan fingerprint density at radius 2 is 0.710 bits per heavy atom. The Kier molecular flexibility index (Phi) is 10.1. The van der Waals surface area contributed by atoms with Gasteiger partial charge in [0.2, 0.25) is 0 Å². The van der Waals surface area contributed by atoms with Gasteiger partial charge in [0.25, 0.3) is 0 Å². The number of nitrogens with zero attached hydrogens (tertiary/aromatic N) is 2. The van der Waals surface area contributed by atoms with Crippen molar-refractivity contribution in [2.75, 3.05) is 0 Å². The Balaban J connectivity index is 0.00000242. The van der Waals surface area contributed by atoms with E-state index < -0.39 is 34.6 Å². The van der Waals surface area contributed by atoms with Crippen LogP contribution in [0.1, 0.15) is 36.1 Å². The van der Waals surface area contributed by atoms with Crippen molar-refractivity contribution < 1.29 is 26.3 Å². The molecule has 0 atom stereocenters. The van der Waals surface area contributed by atoms with Crippen LogP contribution in [0, 0.1) is 13.8 Å². The fourth-order valence-electron chi connectivity index (χ4n) is 8.79. The van der Waals surface area contributed by atoms with Gasteiger partial charge in [-0.1, -0.05) is 122 Å². The van der Waals surface area contributed by atoms with Crippen LogP contribution in [0.3, 0.4) is 0 Å². The number of aromatic nitrogens is 2. The highest BCUT2D eigenvalue weighted by atomic mass is 19.4. The van der Waals surface area contributed by atoms with Gasteiger partial charge >= 0.3 is 12.4 Å². The SMILES string of the molecule is CC.Cc1cccc(-c2ccc3c(c2)c2ccccc2n3-c2ccc(C(F)(F)F)c(-c3cc(-n4c5ccccc5c5cc(-c6cccc(C)c6)ccc54)ccc3C(F)(F)F)c2)c1. The van der Waals surface area contributed by atoms with Crippen molar-refractivity contribution >= 4 is 43.6 Å². The summed E-state index contributed by atoms with van der Waals surface area (Å²) in [6.45, 7) is 8.03. The van der Waals surface area contributed by atoms with Gasteiger partial charge < -0.3 is 9.13 Å². The van der Waals surface area contributed by atoms with E-state index in [4.69, 9.17) is 0 Å². The number of alkyl halides is 6. The zero-order valence-corrected chi connectivity index (χ0v) is 34.3. The van der Waals surface area contributed by atoms with Crippen LogP contribution in [0.5, 0.6) is 0 Å². The van der Waals surface area contributed by atoms with Crippen LogP contribution >= 0.6 is 0 Å². The molecule has 2 aromatic heterocycles. The molecule has 308 valence electrons. The number of para-hydroxylation sites is 2. The summed E-state index contributed by atoms with van der Waals surface area (Å²) in [5, 5.41) is 3.44. The van der Waals surface area contributed by atoms with Crippen LogP contribution in [-0.4, -0.2) is 9.13 Å².